The largest absolute Gasteiger partial charge is 0.493 e. The number of amides is 2. The average Bonchev–Trinajstić information content (AvgIpc) is 2.79. The summed E-state index contributed by atoms with van der Waals surface area (Å²) in [5.74, 6) is -0.300. The minimum atomic E-state index is -2.99. The van der Waals surface area contributed by atoms with E-state index >= 15 is 0 Å². The number of halogens is 2. The van der Waals surface area contributed by atoms with Gasteiger partial charge in [0.15, 0.2) is 23.0 Å². The van der Waals surface area contributed by atoms with Gasteiger partial charge in [0.25, 0.3) is 11.8 Å². The number of ether oxygens (including phenoxy) is 4. The maximum Gasteiger partial charge on any atom is 0.387 e. The van der Waals surface area contributed by atoms with Crippen LogP contribution >= 0.6 is 0 Å². The highest BCUT2D eigenvalue weighted by molar-refractivity contribution is 5.98. The first-order chi connectivity index (χ1) is 15.4. The monoisotopic (exact) mass is 450 g/mol. The van der Waals surface area contributed by atoms with Crippen LogP contribution in [0.25, 0.3) is 6.08 Å². The molecule has 2 rings (SSSR count). The molecule has 0 aliphatic heterocycles. The van der Waals surface area contributed by atoms with Crippen LogP contribution in [0.15, 0.2) is 42.5 Å². The Kier molecular flexibility index (Phi) is 9.27. The Balaban J connectivity index is 1.96. The summed E-state index contributed by atoms with van der Waals surface area (Å²) >= 11 is 0. The quantitative estimate of drug-likeness (QED) is 0.425. The predicted octanol–water partition coefficient (Wildman–Crippen LogP) is 3.57. The van der Waals surface area contributed by atoms with Crippen molar-refractivity contribution in [3.63, 3.8) is 0 Å². The molecule has 0 bridgehead atoms. The summed E-state index contributed by atoms with van der Waals surface area (Å²) in [6.07, 6.45) is 3.40. The molecule has 2 N–H and O–H groups in total. The second-order valence-electron chi connectivity index (χ2n) is 6.28. The fourth-order valence-electron chi connectivity index (χ4n) is 2.53. The van der Waals surface area contributed by atoms with Gasteiger partial charge in [0.2, 0.25) is 0 Å². The Morgan fingerprint density at radius 2 is 1.66 bits per heavy atom. The van der Waals surface area contributed by atoms with Gasteiger partial charge in [-0.1, -0.05) is 13.0 Å². The molecule has 2 aromatic carbocycles. The molecule has 0 saturated heterocycles. The number of alkyl halides is 2. The summed E-state index contributed by atoms with van der Waals surface area (Å²) in [5.41, 5.74) is 5.30. The third-order valence-electron chi connectivity index (χ3n) is 4.02. The second-order valence-corrected chi connectivity index (χ2v) is 6.28. The number of hydrazine groups is 1. The SMILES string of the molecule is CCCOc1ccc(C(=O)NNC(=O)/C=C/c2ccc(OC(F)F)c(OC)c2)cc1OC. The Hall–Kier alpha value is -3.82. The lowest BCUT2D eigenvalue weighted by Crippen LogP contribution is -2.40. The van der Waals surface area contributed by atoms with E-state index in [-0.39, 0.29) is 17.1 Å². The van der Waals surface area contributed by atoms with Crippen LogP contribution in [0.1, 0.15) is 29.3 Å². The lowest BCUT2D eigenvalue weighted by Gasteiger charge is -2.12. The highest BCUT2D eigenvalue weighted by atomic mass is 19.3. The first kappa shape index (κ1) is 24.4. The van der Waals surface area contributed by atoms with Crippen molar-refractivity contribution in [3.8, 4) is 23.0 Å². The Morgan fingerprint density at radius 1 is 0.969 bits per heavy atom. The second kappa shape index (κ2) is 12.1. The summed E-state index contributed by atoms with van der Waals surface area (Å²) in [5, 5.41) is 0. The predicted molar refractivity (Wildman–Crippen MR) is 113 cm³/mol. The summed E-state index contributed by atoms with van der Waals surface area (Å²) in [6.45, 7) is -0.503. The summed E-state index contributed by atoms with van der Waals surface area (Å²) in [4.78, 5) is 24.3. The van der Waals surface area contributed by atoms with E-state index in [0.29, 0.717) is 23.7 Å². The van der Waals surface area contributed by atoms with Crippen molar-refractivity contribution in [1.29, 1.82) is 0 Å². The molecule has 0 aliphatic carbocycles. The molecule has 0 atom stereocenters. The standard InChI is InChI=1S/C22H24F2N2O6/c1-4-11-31-16-9-7-15(13-19(16)30-3)21(28)26-25-20(27)10-6-14-5-8-17(32-22(23)24)18(12-14)29-2/h5-10,12-13,22H,4,11H2,1-3H3,(H,25,27)(H,26,28)/b10-6+. The number of carbonyl (C=O) groups excluding carboxylic acids is 2. The summed E-state index contributed by atoms with van der Waals surface area (Å²) < 4.78 is 44.9. The molecular weight excluding hydrogens is 426 g/mol. The van der Waals surface area contributed by atoms with Crippen LogP contribution < -0.4 is 29.8 Å². The van der Waals surface area contributed by atoms with Crippen molar-refractivity contribution < 1.29 is 37.3 Å². The van der Waals surface area contributed by atoms with Crippen molar-refractivity contribution in [3.05, 3.63) is 53.6 Å². The highest BCUT2D eigenvalue weighted by Crippen LogP contribution is 2.30. The minimum Gasteiger partial charge on any atom is -0.493 e. The molecule has 0 unspecified atom stereocenters. The lowest BCUT2D eigenvalue weighted by molar-refractivity contribution is -0.117. The highest BCUT2D eigenvalue weighted by Gasteiger charge is 2.12. The summed E-state index contributed by atoms with van der Waals surface area (Å²) in [6, 6.07) is 8.84. The van der Waals surface area contributed by atoms with Gasteiger partial charge in [-0.2, -0.15) is 8.78 Å². The first-order valence-electron chi connectivity index (χ1n) is 9.60. The van der Waals surface area contributed by atoms with Crippen LogP contribution in [0.2, 0.25) is 0 Å². The molecule has 0 heterocycles. The van der Waals surface area contributed by atoms with Gasteiger partial charge in [-0.05, 0) is 48.4 Å². The van der Waals surface area contributed by atoms with Crippen molar-refractivity contribution in [1.82, 2.24) is 10.9 Å². The molecule has 172 valence electrons. The van der Waals surface area contributed by atoms with Crippen LogP contribution in [0, 0.1) is 0 Å². The van der Waals surface area contributed by atoms with Gasteiger partial charge in [-0.25, -0.2) is 0 Å². The molecule has 0 fully saturated rings. The molecule has 32 heavy (non-hydrogen) atoms. The van der Waals surface area contributed by atoms with Gasteiger partial charge in [-0.3, -0.25) is 20.4 Å². The van der Waals surface area contributed by atoms with Gasteiger partial charge >= 0.3 is 6.61 Å². The molecule has 0 spiro atoms. The van der Waals surface area contributed by atoms with Crippen LogP contribution in [0.5, 0.6) is 23.0 Å². The van der Waals surface area contributed by atoms with Gasteiger partial charge in [0.05, 0.1) is 20.8 Å². The van der Waals surface area contributed by atoms with Crippen LogP contribution in [-0.2, 0) is 4.79 Å². The van der Waals surface area contributed by atoms with E-state index in [1.807, 2.05) is 6.92 Å². The van der Waals surface area contributed by atoms with Gasteiger partial charge in [-0.15, -0.1) is 0 Å². The van der Waals surface area contributed by atoms with Crippen molar-refractivity contribution >= 4 is 17.9 Å². The minimum absolute atomic E-state index is 0.0847. The van der Waals surface area contributed by atoms with Crippen LogP contribution in [-0.4, -0.2) is 39.3 Å². The van der Waals surface area contributed by atoms with Crippen LogP contribution in [0.3, 0.4) is 0 Å². The van der Waals surface area contributed by atoms with Gasteiger partial charge < -0.3 is 18.9 Å². The smallest absolute Gasteiger partial charge is 0.387 e. The molecular formula is C22H24F2N2O6. The van der Waals surface area contributed by atoms with Gasteiger partial charge in [0.1, 0.15) is 0 Å². The number of hydrogen-bond acceptors (Lipinski definition) is 6. The van der Waals surface area contributed by atoms with E-state index in [1.165, 1.54) is 44.6 Å². The maximum atomic E-state index is 12.4. The normalized spacial score (nSPS) is 10.7. The first-order valence-corrected chi connectivity index (χ1v) is 9.60. The number of carbonyl (C=O) groups is 2. The Bertz CT molecular complexity index is 965. The molecule has 2 amide bonds. The number of benzene rings is 2. The number of rotatable bonds is 10. The molecule has 0 aliphatic rings. The fraction of sp³-hybridized carbons (Fsp3) is 0.273. The zero-order valence-corrected chi connectivity index (χ0v) is 17.8. The number of nitrogens with one attached hydrogen (secondary N) is 2. The molecule has 10 heteroatoms. The van der Waals surface area contributed by atoms with Gasteiger partial charge in [0, 0.05) is 11.6 Å². The van der Waals surface area contributed by atoms with E-state index in [0.717, 1.165) is 12.5 Å². The van der Waals surface area contributed by atoms with E-state index < -0.39 is 18.4 Å². The molecule has 8 nitrogen and oxygen atoms in total. The van der Waals surface area contributed by atoms with E-state index in [1.54, 1.807) is 12.1 Å². The third kappa shape index (κ3) is 7.15. The van der Waals surface area contributed by atoms with Crippen molar-refractivity contribution in [2.45, 2.75) is 20.0 Å². The zero-order chi connectivity index (χ0) is 23.5. The molecule has 0 radical (unpaired) electrons. The fourth-order valence-corrected chi connectivity index (χ4v) is 2.53. The maximum absolute atomic E-state index is 12.4. The van der Waals surface area contributed by atoms with Crippen molar-refractivity contribution in [2.24, 2.45) is 0 Å². The van der Waals surface area contributed by atoms with Crippen LogP contribution in [0.4, 0.5) is 8.78 Å². The van der Waals surface area contributed by atoms with Crippen molar-refractivity contribution in [2.75, 3.05) is 20.8 Å². The van der Waals surface area contributed by atoms with E-state index in [4.69, 9.17) is 14.2 Å². The van der Waals surface area contributed by atoms with E-state index in [9.17, 15) is 18.4 Å². The lowest BCUT2D eigenvalue weighted by atomic mass is 10.2. The molecule has 0 aromatic heterocycles. The molecule has 0 saturated carbocycles. The van der Waals surface area contributed by atoms with E-state index in [2.05, 4.69) is 15.6 Å². The number of methoxy groups -OCH3 is 2. The average molecular weight is 450 g/mol. The zero-order valence-electron chi connectivity index (χ0n) is 17.8. The topological polar surface area (TPSA) is 95.1 Å². The Labute approximate surface area is 184 Å². The third-order valence-corrected chi connectivity index (χ3v) is 4.02. The number of hydrogen-bond donors (Lipinski definition) is 2. The Morgan fingerprint density at radius 3 is 2.31 bits per heavy atom. The molecule has 2 aromatic rings. The summed E-state index contributed by atoms with van der Waals surface area (Å²) in [7, 11) is 2.77.